The summed E-state index contributed by atoms with van der Waals surface area (Å²) < 4.78 is 4.83. The molecule has 0 amide bonds. The van der Waals surface area contributed by atoms with Gasteiger partial charge in [-0.2, -0.15) is 0 Å². The third kappa shape index (κ3) is 5.40. The molecule has 51 heavy (non-hydrogen) atoms. The van der Waals surface area contributed by atoms with E-state index in [9.17, 15) is 0 Å². The molecule has 2 aromatic heterocycles. The van der Waals surface area contributed by atoms with Gasteiger partial charge in [0.15, 0.2) is 0 Å². The molecule has 0 fully saturated rings. The smallest absolute Gasteiger partial charge is 0.0541 e. The Labute approximate surface area is 298 Å². The summed E-state index contributed by atoms with van der Waals surface area (Å²) in [4.78, 5) is 0. The van der Waals surface area contributed by atoms with Crippen molar-refractivity contribution in [3.05, 3.63) is 205 Å². The van der Waals surface area contributed by atoms with Crippen LogP contribution in [0.15, 0.2) is 189 Å². The van der Waals surface area contributed by atoms with Gasteiger partial charge in [-0.15, -0.1) is 0 Å². The summed E-state index contributed by atoms with van der Waals surface area (Å²) in [6, 6.07) is 62.9. The van der Waals surface area contributed by atoms with Gasteiger partial charge < -0.3 is 14.5 Å². The number of hydrogen-bond donors (Lipinski definition) is 1. The fourth-order valence-electron chi connectivity index (χ4n) is 7.59. The minimum absolute atomic E-state index is 0.0506. The summed E-state index contributed by atoms with van der Waals surface area (Å²) in [6.07, 6.45) is 2.20. The van der Waals surface area contributed by atoms with E-state index >= 15 is 0 Å². The first kappa shape index (κ1) is 30.5. The van der Waals surface area contributed by atoms with Crippen LogP contribution in [0.3, 0.4) is 0 Å². The van der Waals surface area contributed by atoms with E-state index < -0.39 is 0 Å². The molecule has 3 nitrogen and oxygen atoms in total. The number of fused-ring (bicyclic) bond motifs is 6. The zero-order valence-corrected chi connectivity index (χ0v) is 28.5. The summed E-state index contributed by atoms with van der Waals surface area (Å²) >= 11 is 0. The molecule has 2 heterocycles. The maximum Gasteiger partial charge on any atom is 0.0541 e. The summed E-state index contributed by atoms with van der Waals surface area (Å²) in [6.45, 7) is 6.77. The fraction of sp³-hybridized carbons (Fsp3) is 0.0417. The first-order chi connectivity index (χ1) is 25.1. The standard InChI is InChI=1S/C48H37N3/c1-33(35-17-5-3-6-18-35)29-44(49-34(2)36-19-7-4-8-20-36)37-30-38(50-45-25-13-9-21-40(45)41-22-10-14-26-46(41)50)32-39(31-37)51-47-27-15-11-23-42(47)43-24-12-16-28-48(43)51/h3-32,34,49H,1H2,2H3/b44-29-. The summed E-state index contributed by atoms with van der Waals surface area (Å²) in [5.41, 5.74) is 12.2. The van der Waals surface area contributed by atoms with Crippen LogP contribution in [0.25, 0.3) is 66.3 Å². The van der Waals surface area contributed by atoms with Crippen LogP contribution in [-0.2, 0) is 0 Å². The normalized spacial score (nSPS) is 12.5. The first-order valence-electron chi connectivity index (χ1n) is 17.5. The van der Waals surface area contributed by atoms with Crippen LogP contribution in [0.2, 0.25) is 0 Å². The summed E-state index contributed by atoms with van der Waals surface area (Å²) in [5.74, 6) is 0. The van der Waals surface area contributed by atoms with Crippen molar-refractivity contribution in [1.29, 1.82) is 0 Å². The molecule has 1 N–H and O–H groups in total. The molecule has 0 aliphatic carbocycles. The van der Waals surface area contributed by atoms with E-state index in [0.717, 1.165) is 33.8 Å². The number of aromatic nitrogens is 2. The molecule has 9 aromatic rings. The van der Waals surface area contributed by atoms with Gasteiger partial charge in [0.25, 0.3) is 0 Å². The molecule has 0 aliphatic heterocycles. The van der Waals surface area contributed by atoms with Gasteiger partial charge in [-0.3, -0.25) is 0 Å². The fourth-order valence-corrected chi connectivity index (χ4v) is 7.59. The molecule has 0 radical (unpaired) electrons. The Kier molecular flexibility index (Phi) is 7.59. The molecule has 0 bridgehead atoms. The molecule has 0 saturated heterocycles. The molecule has 244 valence electrons. The van der Waals surface area contributed by atoms with Gasteiger partial charge >= 0.3 is 0 Å². The number of rotatable bonds is 8. The van der Waals surface area contributed by atoms with Crippen molar-refractivity contribution in [3.8, 4) is 11.4 Å². The van der Waals surface area contributed by atoms with Crippen molar-refractivity contribution < 1.29 is 0 Å². The Balaban J connectivity index is 1.34. The molecule has 9 rings (SSSR count). The van der Waals surface area contributed by atoms with Crippen LogP contribution < -0.4 is 5.32 Å². The number of nitrogens with one attached hydrogen (secondary N) is 1. The number of hydrogen-bond acceptors (Lipinski definition) is 1. The van der Waals surface area contributed by atoms with Gasteiger partial charge in [0, 0.05) is 50.2 Å². The lowest BCUT2D eigenvalue weighted by Gasteiger charge is -2.22. The third-order valence-corrected chi connectivity index (χ3v) is 10.0. The maximum atomic E-state index is 4.55. The Hall–Kier alpha value is -6.58. The van der Waals surface area contributed by atoms with E-state index in [1.807, 2.05) is 6.07 Å². The van der Waals surface area contributed by atoms with Crippen LogP contribution in [0.5, 0.6) is 0 Å². The van der Waals surface area contributed by atoms with Gasteiger partial charge in [0.05, 0.1) is 22.1 Å². The van der Waals surface area contributed by atoms with Crippen molar-refractivity contribution in [3.63, 3.8) is 0 Å². The van der Waals surface area contributed by atoms with Crippen molar-refractivity contribution in [2.45, 2.75) is 13.0 Å². The highest BCUT2D eigenvalue weighted by Crippen LogP contribution is 2.37. The minimum Gasteiger partial charge on any atom is -0.378 e. The second-order valence-corrected chi connectivity index (χ2v) is 13.2. The van der Waals surface area contributed by atoms with Gasteiger partial charge in [0.1, 0.15) is 0 Å². The monoisotopic (exact) mass is 655 g/mol. The van der Waals surface area contributed by atoms with E-state index in [0.29, 0.717) is 0 Å². The molecule has 0 saturated carbocycles. The van der Waals surface area contributed by atoms with Gasteiger partial charge in [-0.05, 0) is 72.2 Å². The van der Waals surface area contributed by atoms with Crippen LogP contribution in [-0.4, -0.2) is 9.13 Å². The Morgan fingerprint density at radius 3 is 1.33 bits per heavy atom. The molecular weight excluding hydrogens is 619 g/mol. The van der Waals surface area contributed by atoms with Crippen LogP contribution in [0, 0.1) is 0 Å². The predicted octanol–water partition coefficient (Wildman–Crippen LogP) is 12.3. The Bertz CT molecular complexity index is 2510. The quantitative estimate of drug-likeness (QED) is 0.162. The second-order valence-electron chi connectivity index (χ2n) is 13.2. The van der Waals surface area contributed by atoms with E-state index in [2.05, 4.69) is 204 Å². The molecule has 1 unspecified atom stereocenters. The highest BCUT2D eigenvalue weighted by atomic mass is 15.0. The lowest BCUT2D eigenvalue weighted by molar-refractivity contribution is 0.701. The average molecular weight is 656 g/mol. The van der Waals surface area contributed by atoms with Gasteiger partial charge in [0.2, 0.25) is 0 Å². The van der Waals surface area contributed by atoms with Crippen molar-refractivity contribution in [2.75, 3.05) is 0 Å². The molecule has 1 atom stereocenters. The molecule has 3 heteroatoms. The maximum absolute atomic E-state index is 4.55. The van der Waals surface area contributed by atoms with Gasteiger partial charge in [-0.1, -0.05) is 140 Å². The summed E-state index contributed by atoms with van der Waals surface area (Å²) in [7, 11) is 0. The third-order valence-electron chi connectivity index (χ3n) is 10.0. The number of allylic oxidation sites excluding steroid dienone is 2. The van der Waals surface area contributed by atoms with E-state index in [1.165, 1.54) is 49.2 Å². The van der Waals surface area contributed by atoms with Crippen molar-refractivity contribution >= 4 is 54.9 Å². The van der Waals surface area contributed by atoms with Crippen molar-refractivity contribution in [2.24, 2.45) is 0 Å². The topological polar surface area (TPSA) is 21.9 Å². The lowest BCUT2D eigenvalue weighted by atomic mass is 10.0. The second kappa shape index (κ2) is 12.7. The highest BCUT2D eigenvalue weighted by Gasteiger charge is 2.19. The lowest BCUT2D eigenvalue weighted by Crippen LogP contribution is -2.18. The van der Waals surface area contributed by atoms with Crippen molar-refractivity contribution in [1.82, 2.24) is 14.5 Å². The van der Waals surface area contributed by atoms with Crippen LogP contribution in [0.4, 0.5) is 0 Å². The predicted molar refractivity (Wildman–Crippen MR) is 217 cm³/mol. The molecule has 7 aromatic carbocycles. The molecular formula is C48H37N3. The van der Waals surface area contributed by atoms with E-state index in [1.54, 1.807) is 0 Å². The SMILES string of the molecule is C=C(/C=C(\NC(C)c1ccccc1)c1cc(-n2c3ccccc3c3ccccc32)cc(-n2c3ccccc3c3ccccc32)c1)c1ccccc1. The summed E-state index contributed by atoms with van der Waals surface area (Å²) in [5, 5.41) is 8.87. The zero-order chi connectivity index (χ0) is 34.3. The molecule has 0 spiro atoms. The minimum atomic E-state index is 0.0506. The Morgan fingerprint density at radius 2 is 0.882 bits per heavy atom. The van der Waals surface area contributed by atoms with Gasteiger partial charge in [-0.25, -0.2) is 0 Å². The van der Waals surface area contributed by atoms with E-state index in [-0.39, 0.29) is 6.04 Å². The van der Waals surface area contributed by atoms with Crippen LogP contribution >= 0.6 is 0 Å². The number of para-hydroxylation sites is 4. The largest absolute Gasteiger partial charge is 0.378 e. The number of nitrogens with zero attached hydrogens (tertiary/aromatic N) is 2. The molecule has 0 aliphatic rings. The Morgan fingerprint density at radius 1 is 0.490 bits per heavy atom. The van der Waals surface area contributed by atoms with Crippen LogP contribution in [0.1, 0.15) is 29.7 Å². The highest BCUT2D eigenvalue weighted by molar-refractivity contribution is 6.10. The number of benzene rings is 7. The average Bonchev–Trinajstić information content (AvgIpc) is 3.71. The first-order valence-corrected chi connectivity index (χ1v) is 17.5. The van der Waals surface area contributed by atoms with E-state index in [4.69, 9.17) is 0 Å². The zero-order valence-electron chi connectivity index (χ0n) is 28.5.